The second-order valence-corrected chi connectivity index (χ2v) is 10.3. The minimum atomic E-state index is -0.493. The van der Waals surface area contributed by atoms with Gasteiger partial charge >= 0.3 is 0 Å². The molecule has 4 amide bonds. The Morgan fingerprint density at radius 1 is 1.03 bits per heavy atom. The standard InChI is InChI=1S/C28H31N3O6S/c1-18-7-9-21(19(2)13-18)29-25(32)17-37-22-10-8-20(14-23(22)36-3)15-24-27(34)31(28(35)38-24)16-26(33)30-11-5-4-6-12-30/h7-10,13-15H,4-6,11-12,16-17H2,1-3H3,(H,29,32)/b24-15-. The molecule has 0 bridgehead atoms. The number of carbonyl (C=O) groups is 4. The van der Waals surface area contributed by atoms with Crippen LogP contribution in [-0.2, 0) is 14.4 Å². The summed E-state index contributed by atoms with van der Waals surface area (Å²) >= 11 is 0.803. The Labute approximate surface area is 226 Å². The van der Waals surface area contributed by atoms with Gasteiger partial charge in [0.2, 0.25) is 5.91 Å². The van der Waals surface area contributed by atoms with Crippen molar-refractivity contribution in [2.45, 2.75) is 33.1 Å². The van der Waals surface area contributed by atoms with Gasteiger partial charge in [-0.05, 0) is 80.3 Å². The fraction of sp³-hybridized carbons (Fsp3) is 0.357. The summed E-state index contributed by atoms with van der Waals surface area (Å²) < 4.78 is 11.1. The number of carbonyl (C=O) groups excluding carboxylic acids is 4. The second kappa shape index (κ2) is 12.2. The van der Waals surface area contributed by atoms with Crippen LogP contribution in [-0.4, -0.2) is 66.1 Å². The molecule has 2 aromatic carbocycles. The van der Waals surface area contributed by atoms with Crippen molar-refractivity contribution in [1.29, 1.82) is 0 Å². The normalized spacial score (nSPS) is 16.7. The fourth-order valence-electron chi connectivity index (χ4n) is 4.34. The van der Waals surface area contributed by atoms with Crippen molar-refractivity contribution in [2.75, 3.05) is 38.7 Å². The fourth-order valence-corrected chi connectivity index (χ4v) is 5.18. The van der Waals surface area contributed by atoms with E-state index in [1.807, 2.05) is 32.0 Å². The van der Waals surface area contributed by atoms with Crippen molar-refractivity contribution in [3.8, 4) is 11.5 Å². The molecule has 0 aliphatic carbocycles. The molecule has 0 radical (unpaired) electrons. The number of amides is 4. The lowest BCUT2D eigenvalue weighted by Gasteiger charge is -2.27. The Morgan fingerprint density at radius 2 is 1.79 bits per heavy atom. The number of piperidine rings is 1. The Morgan fingerprint density at radius 3 is 2.50 bits per heavy atom. The van der Waals surface area contributed by atoms with Crippen LogP contribution >= 0.6 is 11.8 Å². The van der Waals surface area contributed by atoms with Crippen molar-refractivity contribution < 1.29 is 28.7 Å². The summed E-state index contributed by atoms with van der Waals surface area (Å²) in [6, 6.07) is 10.8. The molecular weight excluding hydrogens is 506 g/mol. The van der Waals surface area contributed by atoms with E-state index in [4.69, 9.17) is 9.47 Å². The summed E-state index contributed by atoms with van der Waals surface area (Å²) in [6.07, 6.45) is 4.54. The quantitative estimate of drug-likeness (QED) is 0.498. The van der Waals surface area contributed by atoms with E-state index in [0.717, 1.165) is 52.7 Å². The molecular formula is C28H31N3O6S. The monoisotopic (exact) mass is 537 g/mol. The van der Waals surface area contributed by atoms with Gasteiger partial charge in [-0.25, -0.2) is 0 Å². The number of likely N-dealkylation sites (tertiary alicyclic amines) is 1. The highest BCUT2D eigenvalue weighted by Gasteiger charge is 2.37. The molecule has 38 heavy (non-hydrogen) atoms. The van der Waals surface area contributed by atoms with Crippen LogP contribution in [0.5, 0.6) is 11.5 Å². The first-order chi connectivity index (χ1) is 18.2. The van der Waals surface area contributed by atoms with Crippen molar-refractivity contribution >= 4 is 46.5 Å². The Kier molecular flexibility index (Phi) is 8.73. The van der Waals surface area contributed by atoms with Crippen LogP contribution in [0.25, 0.3) is 6.08 Å². The van der Waals surface area contributed by atoms with Crippen LogP contribution in [0.3, 0.4) is 0 Å². The van der Waals surface area contributed by atoms with Gasteiger partial charge in [0.1, 0.15) is 6.54 Å². The minimum Gasteiger partial charge on any atom is -0.493 e. The third kappa shape index (κ3) is 6.55. The van der Waals surface area contributed by atoms with Gasteiger partial charge in [-0.1, -0.05) is 23.8 Å². The molecule has 200 valence electrons. The number of nitrogens with zero attached hydrogens (tertiary/aromatic N) is 2. The summed E-state index contributed by atoms with van der Waals surface area (Å²) in [5.41, 5.74) is 3.40. The maximum absolute atomic E-state index is 12.9. The van der Waals surface area contributed by atoms with Crippen molar-refractivity contribution in [1.82, 2.24) is 9.80 Å². The number of thioether (sulfide) groups is 1. The molecule has 0 spiro atoms. The highest BCUT2D eigenvalue weighted by atomic mass is 32.2. The number of hydrogen-bond acceptors (Lipinski definition) is 7. The summed E-state index contributed by atoms with van der Waals surface area (Å²) in [5, 5.41) is 2.37. The maximum atomic E-state index is 12.9. The molecule has 0 aromatic heterocycles. The summed E-state index contributed by atoms with van der Waals surface area (Å²) in [5.74, 6) is -0.278. The molecule has 2 fully saturated rings. The topological polar surface area (TPSA) is 105 Å². The first kappa shape index (κ1) is 27.3. The molecule has 0 atom stereocenters. The van der Waals surface area contributed by atoms with Gasteiger partial charge in [-0.3, -0.25) is 24.1 Å². The van der Waals surface area contributed by atoms with Gasteiger partial charge in [0.05, 0.1) is 12.0 Å². The van der Waals surface area contributed by atoms with Gasteiger partial charge in [0.25, 0.3) is 17.1 Å². The molecule has 2 aromatic rings. The predicted octanol–water partition coefficient (Wildman–Crippen LogP) is 4.38. The average Bonchev–Trinajstić information content (AvgIpc) is 3.17. The van der Waals surface area contributed by atoms with Crippen molar-refractivity contribution in [2.24, 2.45) is 0 Å². The van der Waals surface area contributed by atoms with E-state index in [9.17, 15) is 19.2 Å². The Bertz CT molecular complexity index is 1290. The molecule has 4 rings (SSSR count). The lowest BCUT2D eigenvalue weighted by Crippen LogP contribution is -2.44. The summed E-state index contributed by atoms with van der Waals surface area (Å²) in [6.45, 7) is 4.76. The number of nitrogens with one attached hydrogen (secondary N) is 1. The van der Waals surface area contributed by atoms with E-state index in [2.05, 4.69) is 5.32 Å². The number of benzene rings is 2. The lowest BCUT2D eigenvalue weighted by atomic mass is 10.1. The molecule has 9 nitrogen and oxygen atoms in total. The van der Waals surface area contributed by atoms with Crippen LogP contribution < -0.4 is 14.8 Å². The third-order valence-electron chi connectivity index (χ3n) is 6.38. The van der Waals surface area contributed by atoms with E-state index >= 15 is 0 Å². The first-order valence-corrected chi connectivity index (χ1v) is 13.3. The molecule has 2 heterocycles. The highest BCUT2D eigenvalue weighted by Crippen LogP contribution is 2.34. The number of methoxy groups -OCH3 is 1. The molecule has 1 N–H and O–H groups in total. The van der Waals surface area contributed by atoms with Gasteiger partial charge in [0.15, 0.2) is 18.1 Å². The van der Waals surface area contributed by atoms with E-state index in [-0.39, 0.29) is 29.9 Å². The zero-order valence-electron chi connectivity index (χ0n) is 21.7. The van der Waals surface area contributed by atoms with Crippen LogP contribution in [0.4, 0.5) is 10.5 Å². The van der Waals surface area contributed by atoms with Crippen LogP contribution in [0.1, 0.15) is 36.0 Å². The largest absolute Gasteiger partial charge is 0.493 e. The Hall–Kier alpha value is -3.79. The van der Waals surface area contributed by atoms with Gasteiger partial charge < -0.3 is 19.7 Å². The van der Waals surface area contributed by atoms with E-state index < -0.39 is 11.1 Å². The number of aryl methyl sites for hydroxylation is 2. The second-order valence-electron chi connectivity index (χ2n) is 9.27. The van der Waals surface area contributed by atoms with Crippen LogP contribution in [0, 0.1) is 13.8 Å². The number of anilines is 1. The third-order valence-corrected chi connectivity index (χ3v) is 7.28. The number of hydrogen-bond donors (Lipinski definition) is 1. The minimum absolute atomic E-state index is 0.210. The molecule has 2 aliphatic heterocycles. The van der Waals surface area contributed by atoms with E-state index in [1.165, 1.54) is 7.11 Å². The summed E-state index contributed by atoms with van der Waals surface area (Å²) in [4.78, 5) is 53.3. The predicted molar refractivity (Wildman–Crippen MR) is 146 cm³/mol. The van der Waals surface area contributed by atoms with E-state index in [0.29, 0.717) is 30.2 Å². The molecule has 2 aliphatic rings. The number of imide groups is 1. The molecule has 2 saturated heterocycles. The van der Waals surface area contributed by atoms with Crippen molar-refractivity contribution in [3.05, 3.63) is 58.0 Å². The lowest BCUT2D eigenvalue weighted by molar-refractivity contribution is -0.136. The zero-order chi connectivity index (χ0) is 27.2. The van der Waals surface area contributed by atoms with Gasteiger partial charge in [-0.15, -0.1) is 0 Å². The smallest absolute Gasteiger partial charge is 0.294 e. The molecule has 10 heteroatoms. The molecule has 0 unspecified atom stereocenters. The SMILES string of the molecule is COc1cc(/C=C2\SC(=O)N(CC(=O)N3CCCCC3)C2=O)ccc1OCC(=O)Nc1ccc(C)cc1C. The first-order valence-electron chi connectivity index (χ1n) is 12.5. The van der Waals surface area contributed by atoms with Crippen LogP contribution in [0.2, 0.25) is 0 Å². The zero-order valence-corrected chi connectivity index (χ0v) is 22.6. The average molecular weight is 538 g/mol. The summed E-state index contributed by atoms with van der Waals surface area (Å²) in [7, 11) is 1.47. The van der Waals surface area contributed by atoms with Crippen LogP contribution in [0.15, 0.2) is 41.3 Å². The van der Waals surface area contributed by atoms with E-state index in [1.54, 1.807) is 29.2 Å². The maximum Gasteiger partial charge on any atom is 0.294 e. The highest BCUT2D eigenvalue weighted by molar-refractivity contribution is 8.18. The molecule has 0 saturated carbocycles. The number of rotatable bonds is 8. The van der Waals surface area contributed by atoms with Gasteiger partial charge in [-0.2, -0.15) is 0 Å². The van der Waals surface area contributed by atoms with Gasteiger partial charge in [0, 0.05) is 18.8 Å². The Balaban J connectivity index is 1.38. The number of ether oxygens (including phenoxy) is 2. The van der Waals surface area contributed by atoms with Crippen molar-refractivity contribution in [3.63, 3.8) is 0 Å².